The van der Waals surface area contributed by atoms with Crippen molar-refractivity contribution in [3.8, 4) is 0 Å². The van der Waals surface area contributed by atoms with Crippen molar-refractivity contribution in [3.05, 3.63) is 0 Å². The third-order valence-corrected chi connectivity index (χ3v) is 3.15. The molecular formula is C17H39NO. The van der Waals surface area contributed by atoms with E-state index in [1.54, 1.807) is 0 Å². The number of nitrogens with zero attached hydrogens (tertiary/aromatic N) is 1. The summed E-state index contributed by atoms with van der Waals surface area (Å²) in [5, 5.41) is 0. The molecule has 0 aromatic rings. The molecule has 0 aromatic heterocycles. The Bertz CT molecular complexity index is 147. The number of ether oxygens (including phenoxy) is 1. The van der Waals surface area contributed by atoms with Gasteiger partial charge >= 0.3 is 0 Å². The molecular weight excluding hydrogens is 234 g/mol. The fraction of sp³-hybridized carbons (Fsp3) is 1.00. The van der Waals surface area contributed by atoms with Crippen molar-refractivity contribution >= 4 is 0 Å². The molecule has 2 heteroatoms. The van der Waals surface area contributed by atoms with Gasteiger partial charge in [0.15, 0.2) is 0 Å². The van der Waals surface area contributed by atoms with Gasteiger partial charge in [-0.2, -0.15) is 0 Å². The molecule has 1 saturated heterocycles. The standard InChI is InChI=1S/C8H17NO.C7H16.C2H6/c1-4-9-5-7(2)10-8(3)6-9;1-3-5-7-6-4-2;1-2/h7-8H,4-6H2,1-3H3;3-7H2,1-2H3;1-2H3. The molecule has 2 unspecified atom stereocenters. The average Bonchev–Trinajstić information content (AvgIpc) is 2.41. The molecule has 0 saturated carbocycles. The maximum Gasteiger partial charge on any atom is 0.0678 e. The molecule has 0 radical (unpaired) electrons. The first kappa shape index (κ1) is 21.2. The van der Waals surface area contributed by atoms with Crippen LogP contribution in [0.4, 0.5) is 0 Å². The topological polar surface area (TPSA) is 12.5 Å². The highest BCUT2D eigenvalue weighted by Crippen LogP contribution is 2.09. The van der Waals surface area contributed by atoms with Gasteiger partial charge in [-0.3, -0.25) is 4.90 Å². The van der Waals surface area contributed by atoms with Crippen LogP contribution in [0, 0.1) is 0 Å². The van der Waals surface area contributed by atoms with Gasteiger partial charge in [0, 0.05) is 13.1 Å². The van der Waals surface area contributed by atoms with Crippen molar-refractivity contribution < 1.29 is 4.74 Å². The largest absolute Gasteiger partial charge is 0.373 e. The monoisotopic (exact) mass is 273 g/mol. The Morgan fingerprint density at radius 3 is 1.58 bits per heavy atom. The molecule has 0 aromatic carbocycles. The van der Waals surface area contributed by atoms with E-state index in [0.717, 1.165) is 19.6 Å². The molecule has 2 atom stereocenters. The number of rotatable bonds is 5. The van der Waals surface area contributed by atoms with Crippen LogP contribution in [0.15, 0.2) is 0 Å². The third kappa shape index (κ3) is 14.1. The lowest BCUT2D eigenvalue weighted by atomic mass is 10.2. The van der Waals surface area contributed by atoms with Crippen LogP contribution in [-0.2, 0) is 4.74 Å². The number of likely N-dealkylation sites (N-methyl/N-ethyl adjacent to an activating group) is 1. The summed E-state index contributed by atoms with van der Waals surface area (Å²) in [5.41, 5.74) is 0. The van der Waals surface area contributed by atoms with Crippen LogP contribution in [0.3, 0.4) is 0 Å². The number of hydrogen-bond donors (Lipinski definition) is 0. The first-order valence-corrected chi connectivity index (χ1v) is 8.51. The number of hydrogen-bond acceptors (Lipinski definition) is 2. The second-order valence-corrected chi connectivity index (χ2v) is 5.17. The van der Waals surface area contributed by atoms with E-state index in [0.29, 0.717) is 12.2 Å². The van der Waals surface area contributed by atoms with E-state index in [9.17, 15) is 0 Å². The van der Waals surface area contributed by atoms with E-state index >= 15 is 0 Å². The van der Waals surface area contributed by atoms with Gasteiger partial charge in [-0.25, -0.2) is 0 Å². The number of unbranched alkanes of at least 4 members (excludes halogenated alkanes) is 4. The maximum atomic E-state index is 5.58. The molecule has 1 rings (SSSR count). The Morgan fingerprint density at radius 2 is 1.26 bits per heavy atom. The minimum absolute atomic E-state index is 0.420. The van der Waals surface area contributed by atoms with Gasteiger partial charge in [0.05, 0.1) is 12.2 Å². The Balaban J connectivity index is 0. The summed E-state index contributed by atoms with van der Waals surface area (Å²) in [5.74, 6) is 0. The molecule has 118 valence electrons. The Labute approximate surface area is 122 Å². The Kier molecular flexibility index (Phi) is 17.8. The molecule has 0 spiro atoms. The zero-order valence-corrected chi connectivity index (χ0v) is 14.7. The molecule has 0 amide bonds. The van der Waals surface area contributed by atoms with Crippen LogP contribution in [0.1, 0.15) is 80.6 Å². The molecule has 19 heavy (non-hydrogen) atoms. The fourth-order valence-corrected chi connectivity index (χ4v) is 2.22. The molecule has 1 aliphatic heterocycles. The van der Waals surface area contributed by atoms with Gasteiger partial charge in [-0.1, -0.05) is 66.7 Å². The summed E-state index contributed by atoms with van der Waals surface area (Å²) in [6.45, 7) is 18.3. The molecule has 2 nitrogen and oxygen atoms in total. The zero-order valence-electron chi connectivity index (χ0n) is 14.7. The second-order valence-electron chi connectivity index (χ2n) is 5.17. The minimum atomic E-state index is 0.420. The molecule has 1 aliphatic rings. The van der Waals surface area contributed by atoms with Gasteiger partial charge < -0.3 is 4.74 Å². The van der Waals surface area contributed by atoms with Crippen LogP contribution < -0.4 is 0 Å². The van der Waals surface area contributed by atoms with Gasteiger partial charge in [0.25, 0.3) is 0 Å². The van der Waals surface area contributed by atoms with Crippen molar-refractivity contribution in [3.63, 3.8) is 0 Å². The van der Waals surface area contributed by atoms with E-state index in [4.69, 9.17) is 4.74 Å². The molecule has 1 heterocycles. The van der Waals surface area contributed by atoms with Crippen molar-refractivity contribution in [1.82, 2.24) is 4.90 Å². The van der Waals surface area contributed by atoms with Gasteiger partial charge in [0.1, 0.15) is 0 Å². The first-order valence-electron chi connectivity index (χ1n) is 8.51. The van der Waals surface area contributed by atoms with Crippen LogP contribution in [0.25, 0.3) is 0 Å². The van der Waals surface area contributed by atoms with E-state index < -0.39 is 0 Å². The summed E-state index contributed by atoms with van der Waals surface area (Å²) >= 11 is 0. The predicted molar refractivity (Wildman–Crippen MR) is 87.9 cm³/mol. The van der Waals surface area contributed by atoms with Crippen molar-refractivity contribution in [2.24, 2.45) is 0 Å². The van der Waals surface area contributed by atoms with E-state index in [1.165, 1.54) is 32.1 Å². The summed E-state index contributed by atoms with van der Waals surface area (Å²) < 4.78 is 5.58. The Morgan fingerprint density at radius 1 is 0.842 bits per heavy atom. The van der Waals surface area contributed by atoms with Crippen molar-refractivity contribution in [1.29, 1.82) is 0 Å². The molecule has 0 aliphatic carbocycles. The average molecular weight is 274 g/mol. The normalized spacial score (nSPS) is 22.9. The van der Waals surface area contributed by atoms with Crippen LogP contribution >= 0.6 is 0 Å². The number of morpholine rings is 1. The predicted octanol–water partition coefficient (Wildman–Crippen LogP) is 5.12. The zero-order chi connectivity index (χ0) is 15.1. The SMILES string of the molecule is CC.CCCCCCC.CCN1CC(C)OC(C)C1. The van der Waals surface area contributed by atoms with E-state index in [1.807, 2.05) is 13.8 Å². The molecule has 0 N–H and O–H groups in total. The van der Waals surface area contributed by atoms with Gasteiger partial charge in [-0.05, 0) is 20.4 Å². The first-order chi connectivity index (χ1) is 9.13. The van der Waals surface area contributed by atoms with E-state index in [-0.39, 0.29) is 0 Å². The van der Waals surface area contributed by atoms with Gasteiger partial charge in [-0.15, -0.1) is 0 Å². The summed E-state index contributed by atoms with van der Waals surface area (Å²) in [6, 6.07) is 0. The van der Waals surface area contributed by atoms with Crippen LogP contribution in [-0.4, -0.2) is 36.7 Å². The molecule has 0 bridgehead atoms. The van der Waals surface area contributed by atoms with Gasteiger partial charge in [0.2, 0.25) is 0 Å². The van der Waals surface area contributed by atoms with E-state index in [2.05, 4.69) is 39.5 Å². The van der Waals surface area contributed by atoms with Crippen molar-refractivity contribution in [2.45, 2.75) is 92.8 Å². The lowest BCUT2D eigenvalue weighted by Crippen LogP contribution is -2.45. The summed E-state index contributed by atoms with van der Waals surface area (Å²) in [4.78, 5) is 2.43. The summed E-state index contributed by atoms with van der Waals surface area (Å²) in [7, 11) is 0. The summed E-state index contributed by atoms with van der Waals surface area (Å²) in [6.07, 6.45) is 7.85. The van der Waals surface area contributed by atoms with Crippen LogP contribution in [0.2, 0.25) is 0 Å². The van der Waals surface area contributed by atoms with Crippen molar-refractivity contribution in [2.75, 3.05) is 19.6 Å². The maximum absolute atomic E-state index is 5.58. The lowest BCUT2D eigenvalue weighted by Gasteiger charge is -2.34. The molecule has 1 fully saturated rings. The smallest absolute Gasteiger partial charge is 0.0678 e. The highest BCUT2D eigenvalue weighted by Gasteiger charge is 2.20. The lowest BCUT2D eigenvalue weighted by molar-refractivity contribution is -0.0664. The fourth-order valence-electron chi connectivity index (χ4n) is 2.22. The highest BCUT2D eigenvalue weighted by molar-refractivity contribution is 4.71. The quantitative estimate of drug-likeness (QED) is 0.645. The minimum Gasteiger partial charge on any atom is -0.373 e. The second kappa shape index (κ2) is 16.0. The Hall–Kier alpha value is -0.0800. The third-order valence-electron chi connectivity index (χ3n) is 3.15. The van der Waals surface area contributed by atoms with Crippen LogP contribution in [0.5, 0.6) is 0 Å². The highest BCUT2D eigenvalue weighted by atomic mass is 16.5.